The highest BCUT2D eigenvalue weighted by atomic mass is 79.9. The van der Waals surface area contributed by atoms with Crippen LogP contribution in [0, 0.1) is 0 Å². The van der Waals surface area contributed by atoms with Gasteiger partial charge in [-0.3, -0.25) is 14.5 Å². The van der Waals surface area contributed by atoms with Crippen molar-refractivity contribution < 1.29 is 14.4 Å². The lowest BCUT2D eigenvalue weighted by Gasteiger charge is -2.22. The summed E-state index contributed by atoms with van der Waals surface area (Å²) in [5, 5.41) is 5.57. The van der Waals surface area contributed by atoms with Crippen molar-refractivity contribution in [2.75, 3.05) is 11.9 Å². The zero-order valence-electron chi connectivity index (χ0n) is 16.7. The van der Waals surface area contributed by atoms with Crippen LogP contribution in [0.15, 0.2) is 53.0 Å². The zero-order chi connectivity index (χ0) is 21.2. The van der Waals surface area contributed by atoms with Crippen molar-refractivity contribution in [3.05, 3.63) is 64.1 Å². The maximum Gasteiger partial charge on any atom is 0.325 e. The van der Waals surface area contributed by atoms with Crippen LogP contribution in [0.25, 0.3) is 0 Å². The average molecular weight is 458 g/mol. The van der Waals surface area contributed by atoms with Gasteiger partial charge in [0.2, 0.25) is 5.91 Å². The third-order valence-corrected chi connectivity index (χ3v) is 5.85. The number of urea groups is 1. The molecule has 1 fully saturated rings. The van der Waals surface area contributed by atoms with Gasteiger partial charge >= 0.3 is 6.03 Å². The van der Waals surface area contributed by atoms with Gasteiger partial charge in [-0.05, 0) is 48.6 Å². The normalized spacial score (nSPS) is 19.8. The van der Waals surface area contributed by atoms with Crippen LogP contribution in [-0.4, -0.2) is 29.3 Å². The first-order valence-electron chi connectivity index (χ1n) is 9.55. The molecule has 152 valence electrons. The van der Waals surface area contributed by atoms with Gasteiger partial charge in [0.25, 0.3) is 5.91 Å². The predicted molar refractivity (Wildman–Crippen MR) is 116 cm³/mol. The molecule has 2 N–H and O–H groups in total. The molecule has 1 aliphatic rings. The predicted octanol–water partition coefficient (Wildman–Crippen LogP) is 4.37. The monoisotopic (exact) mass is 457 g/mol. The third-order valence-electron chi connectivity index (χ3n) is 5.36. The summed E-state index contributed by atoms with van der Waals surface area (Å²) in [6, 6.07) is 14.2. The molecule has 1 aliphatic heterocycles. The van der Waals surface area contributed by atoms with Gasteiger partial charge in [-0.25, -0.2) is 4.79 Å². The molecule has 6 nitrogen and oxygen atoms in total. The number of nitrogens with zero attached hydrogens (tertiary/aromatic N) is 1. The maximum absolute atomic E-state index is 13.0. The van der Waals surface area contributed by atoms with Gasteiger partial charge in [-0.15, -0.1) is 0 Å². The summed E-state index contributed by atoms with van der Waals surface area (Å²) in [6.45, 7) is 5.47. The molecule has 29 heavy (non-hydrogen) atoms. The second kappa shape index (κ2) is 8.37. The molecule has 4 amide bonds. The van der Waals surface area contributed by atoms with Crippen LogP contribution in [0.5, 0.6) is 0 Å². The Labute approximate surface area is 178 Å². The molecule has 0 spiro atoms. The Morgan fingerprint density at radius 2 is 1.93 bits per heavy atom. The molecule has 2 atom stereocenters. The summed E-state index contributed by atoms with van der Waals surface area (Å²) in [5.41, 5.74) is 1.17. The number of carbonyl (C=O) groups is 3. The zero-order valence-corrected chi connectivity index (χ0v) is 18.2. The quantitative estimate of drug-likeness (QED) is 0.632. The topological polar surface area (TPSA) is 78.5 Å². The van der Waals surface area contributed by atoms with Crippen LogP contribution in [0.3, 0.4) is 0 Å². The molecule has 0 saturated carbocycles. The van der Waals surface area contributed by atoms with Crippen LogP contribution in [0.1, 0.15) is 44.2 Å². The Morgan fingerprint density at radius 1 is 1.21 bits per heavy atom. The lowest BCUT2D eigenvalue weighted by molar-refractivity contribution is -0.133. The number of para-hydroxylation sites is 1. The Kier molecular flexibility index (Phi) is 6.07. The second-order valence-corrected chi connectivity index (χ2v) is 8.32. The van der Waals surface area contributed by atoms with E-state index in [1.165, 1.54) is 0 Å². The minimum atomic E-state index is -1.21. The van der Waals surface area contributed by atoms with Crippen molar-refractivity contribution in [3.8, 4) is 0 Å². The Bertz CT molecular complexity index is 962. The molecular weight excluding hydrogens is 434 g/mol. The SMILES string of the molecule is CCC(C)c1ccccc1NC(=O)CN1C(=O)NC(C)(c2cccc(Br)c2)C1=O. The van der Waals surface area contributed by atoms with Crippen molar-refractivity contribution in [3.63, 3.8) is 0 Å². The first-order valence-corrected chi connectivity index (χ1v) is 10.3. The highest BCUT2D eigenvalue weighted by Gasteiger charge is 2.49. The van der Waals surface area contributed by atoms with E-state index in [-0.39, 0.29) is 12.5 Å². The molecule has 2 aromatic carbocycles. The summed E-state index contributed by atoms with van der Waals surface area (Å²) in [4.78, 5) is 39.1. The largest absolute Gasteiger partial charge is 0.325 e. The van der Waals surface area contributed by atoms with E-state index in [1.54, 1.807) is 25.1 Å². The number of benzene rings is 2. The lowest BCUT2D eigenvalue weighted by atomic mass is 9.92. The van der Waals surface area contributed by atoms with E-state index < -0.39 is 23.4 Å². The summed E-state index contributed by atoms with van der Waals surface area (Å²) in [7, 11) is 0. The fourth-order valence-electron chi connectivity index (χ4n) is 3.43. The van der Waals surface area contributed by atoms with Crippen molar-refractivity contribution >= 4 is 39.5 Å². The average Bonchev–Trinajstić information content (AvgIpc) is 2.92. The number of nitrogens with one attached hydrogen (secondary N) is 2. The molecule has 3 rings (SSSR count). The van der Waals surface area contributed by atoms with Gasteiger partial charge in [0.15, 0.2) is 0 Å². The van der Waals surface area contributed by atoms with Crippen LogP contribution in [0.2, 0.25) is 0 Å². The Balaban J connectivity index is 1.77. The van der Waals surface area contributed by atoms with E-state index in [4.69, 9.17) is 0 Å². The van der Waals surface area contributed by atoms with E-state index in [0.717, 1.165) is 21.4 Å². The number of halogens is 1. The number of anilines is 1. The summed E-state index contributed by atoms with van der Waals surface area (Å²) in [5.74, 6) is -0.586. The first-order chi connectivity index (χ1) is 13.8. The van der Waals surface area contributed by atoms with Gasteiger partial charge in [-0.2, -0.15) is 0 Å². The molecule has 1 heterocycles. The second-order valence-electron chi connectivity index (χ2n) is 7.40. The summed E-state index contributed by atoms with van der Waals surface area (Å²) < 4.78 is 0.802. The van der Waals surface area contributed by atoms with Gasteiger partial charge in [-0.1, -0.05) is 60.1 Å². The maximum atomic E-state index is 13.0. The van der Waals surface area contributed by atoms with Crippen molar-refractivity contribution in [1.82, 2.24) is 10.2 Å². The summed E-state index contributed by atoms with van der Waals surface area (Å²) >= 11 is 3.38. The molecule has 2 unspecified atom stereocenters. The van der Waals surface area contributed by atoms with Crippen LogP contribution in [-0.2, 0) is 15.1 Å². The number of hydrogen-bond acceptors (Lipinski definition) is 3. The van der Waals surface area contributed by atoms with E-state index in [0.29, 0.717) is 11.3 Å². The fraction of sp³-hybridized carbons (Fsp3) is 0.318. The molecule has 0 aromatic heterocycles. The molecule has 1 saturated heterocycles. The molecule has 2 aromatic rings. The van der Waals surface area contributed by atoms with E-state index in [1.807, 2.05) is 30.3 Å². The number of amides is 4. The highest BCUT2D eigenvalue weighted by molar-refractivity contribution is 9.10. The molecular formula is C22H24BrN3O3. The first kappa shape index (κ1) is 21.0. The smallest absolute Gasteiger partial charge is 0.324 e. The number of carbonyl (C=O) groups excluding carboxylic acids is 3. The van der Waals surface area contributed by atoms with Crippen molar-refractivity contribution in [1.29, 1.82) is 0 Å². The van der Waals surface area contributed by atoms with Gasteiger partial charge < -0.3 is 10.6 Å². The van der Waals surface area contributed by atoms with Gasteiger partial charge in [0.05, 0.1) is 0 Å². The van der Waals surface area contributed by atoms with Crippen molar-refractivity contribution in [2.45, 2.75) is 38.6 Å². The molecule has 0 bridgehead atoms. The van der Waals surface area contributed by atoms with Crippen LogP contribution < -0.4 is 10.6 Å². The molecule has 7 heteroatoms. The minimum Gasteiger partial charge on any atom is -0.324 e. The standard InChI is InChI=1S/C22H24BrN3O3/c1-4-14(2)17-10-5-6-11-18(17)24-19(27)13-26-20(28)22(3,25-21(26)29)15-8-7-9-16(23)12-15/h5-12,14H,4,13H2,1-3H3,(H,24,27)(H,25,29). The Hall–Kier alpha value is -2.67. The van der Waals surface area contributed by atoms with Crippen molar-refractivity contribution in [2.24, 2.45) is 0 Å². The van der Waals surface area contributed by atoms with E-state index >= 15 is 0 Å². The molecule has 0 aliphatic carbocycles. The summed E-state index contributed by atoms with van der Waals surface area (Å²) in [6.07, 6.45) is 0.935. The number of rotatable bonds is 6. The van der Waals surface area contributed by atoms with Crippen LogP contribution >= 0.6 is 15.9 Å². The number of imide groups is 1. The minimum absolute atomic E-state index is 0.281. The highest BCUT2D eigenvalue weighted by Crippen LogP contribution is 2.31. The number of hydrogen-bond donors (Lipinski definition) is 2. The van der Waals surface area contributed by atoms with E-state index in [9.17, 15) is 14.4 Å². The lowest BCUT2D eigenvalue weighted by Crippen LogP contribution is -2.42. The van der Waals surface area contributed by atoms with E-state index in [2.05, 4.69) is 40.4 Å². The third kappa shape index (κ3) is 4.19. The fourth-order valence-corrected chi connectivity index (χ4v) is 3.83. The van der Waals surface area contributed by atoms with Gasteiger partial charge in [0.1, 0.15) is 12.1 Å². The van der Waals surface area contributed by atoms with Crippen LogP contribution in [0.4, 0.5) is 10.5 Å². The Morgan fingerprint density at radius 3 is 2.62 bits per heavy atom. The molecule has 0 radical (unpaired) electrons. The van der Waals surface area contributed by atoms with Gasteiger partial charge in [0, 0.05) is 10.2 Å².